The third kappa shape index (κ3) is 2.74. The molecule has 1 aromatic carbocycles. The van der Waals surface area contributed by atoms with E-state index in [2.05, 4.69) is 10.0 Å². The largest absolute Gasteiger partial charge is 0.261 e. The third-order valence-corrected chi connectivity index (χ3v) is 3.57. The molecule has 0 radical (unpaired) electrons. The Morgan fingerprint density at radius 3 is 2.57 bits per heavy atom. The highest BCUT2D eigenvalue weighted by Gasteiger charge is 2.11. The Morgan fingerprint density at radius 1 is 1.50 bits per heavy atom. The molecule has 0 amide bonds. The van der Waals surface area contributed by atoms with E-state index in [-0.39, 0.29) is 4.90 Å². The van der Waals surface area contributed by atoms with Crippen LogP contribution < -0.4 is 0 Å². The number of halogens is 2. The summed E-state index contributed by atoms with van der Waals surface area (Å²) in [5.74, 6) is 0. The molecule has 0 bridgehead atoms. The lowest BCUT2D eigenvalue weighted by Gasteiger charge is -1.99. The van der Waals surface area contributed by atoms with E-state index in [9.17, 15) is 8.42 Å². The first-order valence-corrected chi connectivity index (χ1v) is 6.63. The van der Waals surface area contributed by atoms with Crippen LogP contribution in [0.4, 0.5) is 5.69 Å². The Bertz CT molecular complexity index is 510. The minimum atomic E-state index is -3.72. The van der Waals surface area contributed by atoms with Gasteiger partial charge in [0.25, 0.3) is 9.05 Å². The van der Waals surface area contributed by atoms with E-state index in [4.69, 9.17) is 16.2 Å². The van der Waals surface area contributed by atoms with Crippen molar-refractivity contribution in [3.8, 4) is 0 Å². The second-order valence-electron chi connectivity index (χ2n) is 2.24. The fraction of sp³-hybridized carbons (Fsp3) is 0. The van der Waals surface area contributed by atoms with Crippen LogP contribution in [0.3, 0.4) is 0 Å². The minimum absolute atomic E-state index is 0.0135. The zero-order chi connectivity index (χ0) is 10.8. The average molecular weight is 344 g/mol. The topological polar surface area (TPSA) is 82.9 Å². The van der Waals surface area contributed by atoms with Gasteiger partial charge < -0.3 is 0 Å². The van der Waals surface area contributed by atoms with E-state index in [1.807, 2.05) is 22.6 Å². The van der Waals surface area contributed by atoms with E-state index in [1.165, 1.54) is 18.2 Å². The van der Waals surface area contributed by atoms with Gasteiger partial charge in [0.1, 0.15) is 0 Å². The molecule has 0 fully saturated rings. The first-order valence-electron chi connectivity index (χ1n) is 3.24. The molecule has 0 aliphatic carbocycles. The molecular weight excluding hydrogens is 341 g/mol. The molecular formula is C6H3ClIN3O2S. The van der Waals surface area contributed by atoms with Gasteiger partial charge in [-0.15, -0.1) is 0 Å². The molecule has 8 heteroatoms. The fourth-order valence-corrected chi connectivity index (χ4v) is 2.38. The summed E-state index contributed by atoms with van der Waals surface area (Å²) >= 11 is 1.86. The maximum absolute atomic E-state index is 10.9. The van der Waals surface area contributed by atoms with E-state index < -0.39 is 9.05 Å². The van der Waals surface area contributed by atoms with Crippen molar-refractivity contribution in [2.45, 2.75) is 4.90 Å². The van der Waals surface area contributed by atoms with Crippen molar-refractivity contribution < 1.29 is 8.42 Å². The summed E-state index contributed by atoms with van der Waals surface area (Å²) in [5, 5.41) is 3.36. The standard InChI is InChI=1S/C6H3ClIN3O2S/c7-14(12,13)4-1-2-6(10-11-9)5(8)3-4/h1-3H. The summed E-state index contributed by atoms with van der Waals surface area (Å²) in [6.07, 6.45) is 0. The van der Waals surface area contributed by atoms with Crippen molar-refractivity contribution in [1.29, 1.82) is 0 Å². The molecule has 1 rings (SSSR count). The Hall–Kier alpha value is -0.500. The van der Waals surface area contributed by atoms with Gasteiger partial charge in [-0.3, -0.25) is 0 Å². The second-order valence-corrected chi connectivity index (χ2v) is 5.97. The van der Waals surface area contributed by atoms with E-state index in [1.54, 1.807) is 0 Å². The molecule has 74 valence electrons. The lowest BCUT2D eigenvalue weighted by molar-refractivity contribution is 0.609. The highest BCUT2D eigenvalue weighted by molar-refractivity contribution is 14.1. The lowest BCUT2D eigenvalue weighted by Crippen LogP contribution is -1.90. The molecule has 0 saturated carbocycles. The van der Waals surface area contributed by atoms with E-state index in [0.29, 0.717) is 9.26 Å². The monoisotopic (exact) mass is 343 g/mol. The first kappa shape index (κ1) is 11.6. The minimum Gasteiger partial charge on any atom is -0.207 e. The number of benzene rings is 1. The molecule has 0 N–H and O–H groups in total. The molecule has 0 saturated heterocycles. The van der Waals surface area contributed by atoms with Gasteiger partial charge in [-0.2, -0.15) is 0 Å². The molecule has 0 spiro atoms. The third-order valence-electron chi connectivity index (χ3n) is 1.35. The average Bonchev–Trinajstić information content (AvgIpc) is 2.07. The predicted molar refractivity (Wildman–Crippen MR) is 61.0 cm³/mol. The summed E-state index contributed by atoms with van der Waals surface area (Å²) in [6, 6.07) is 4.03. The van der Waals surface area contributed by atoms with Crippen LogP contribution in [-0.4, -0.2) is 8.42 Å². The van der Waals surface area contributed by atoms with Crippen molar-refractivity contribution in [3.63, 3.8) is 0 Å². The molecule has 5 nitrogen and oxygen atoms in total. The maximum Gasteiger partial charge on any atom is 0.261 e. The van der Waals surface area contributed by atoms with E-state index >= 15 is 0 Å². The number of hydrogen-bond acceptors (Lipinski definition) is 3. The highest BCUT2D eigenvalue weighted by atomic mass is 127. The smallest absolute Gasteiger partial charge is 0.207 e. The van der Waals surface area contributed by atoms with Crippen molar-refractivity contribution in [3.05, 3.63) is 32.2 Å². The van der Waals surface area contributed by atoms with Crippen molar-refractivity contribution in [1.82, 2.24) is 0 Å². The van der Waals surface area contributed by atoms with E-state index in [0.717, 1.165) is 0 Å². The predicted octanol–water partition coefficient (Wildman–Crippen LogP) is 3.16. The van der Waals surface area contributed by atoms with Gasteiger partial charge in [-0.25, -0.2) is 8.42 Å². The zero-order valence-electron chi connectivity index (χ0n) is 6.55. The Labute approximate surface area is 98.3 Å². The van der Waals surface area contributed by atoms with Crippen molar-refractivity contribution >= 4 is 48.0 Å². The SMILES string of the molecule is [N-]=[N+]=Nc1ccc(S(=O)(=O)Cl)cc1I. The summed E-state index contributed by atoms with van der Waals surface area (Å²) in [7, 11) is 1.40. The first-order chi connectivity index (χ1) is 6.45. The number of nitrogens with zero attached hydrogens (tertiary/aromatic N) is 3. The van der Waals surface area contributed by atoms with Crippen molar-refractivity contribution in [2.24, 2.45) is 5.11 Å². The normalized spacial score (nSPS) is 10.7. The van der Waals surface area contributed by atoms with Gasteiger partial charge in [0.05, 0.1) is 10.6 Å². The van der Waals surface area contributed by atoms with Crippen molar-refractivity contribution in [2.75, 3.05) is 0 Å². The number of azide groups is 1. The Balaban J connectivity index is 3.33. The van der Waals surface area contributed by atoms with Gasteiger partial charge >= 0.3 is 0 Å². The quantitative estimate of drug-likeness (QED) is 0.272. The molecule has 1 aromatic rings. The number of rotatable bonds is 2. The zero-order valence-corrected chi connectivity index (χ0v) is 10.3. The molecule has 0 heterocycles. The van der Waals surface area contributed by atoms with Gasteiger partial charge in [-0.05, 0) is 40.3 Å². The van der Waals surface area contributed by atoms with Crippen LogP contribution in [0.2, 0.25) is 0 Å². The van der Waals surface area contributed by atoms with Gasteiger partial charge in [0, 0.05) is 19.2 Å². The molecule has 14 heavy (non-hydrogen) atoms. The number of hydrogen-bond donors (Lipinski definition) is 0. The summed E-state index contributed by atoms with van der Waals surface area (Å²) in [6.45, 7) is 0. The van der Waals surface area contributed by atoms with Crippen LogP contribution in [-0.2, 0) is 9.05 Å². The molecule has 0 unspecified atom stereocenters. The lowest BCUT2D eigenvalue weighted by atomic mass is 10.3. The van der Waals surface area contributed by atoms with Crippen LogP contribution in [0.15, 0.2) is 28.2 Å². The van der Waals surface area contributed by atoms with Crippen LogP contribution >= 0.6 is 33.3 Å². The molecule has 0 atom stereocenters. The second kappa shape index (κ2) is 4.35. The maximum atomic E-state index is 10.9. The summed E-state index contributed by atoms with van der Waals surface area (Å²) in [5.41, 5.74) is 8.56. The molecule has 0 aliphatic rings. The summed E-state index contributed by atoms with van der Waals surface area (Å²) in [4.78, 5) is 2.58. The molecule has 0 aromatic heterocycles. The highest BCUT2D eigenvalue weighted by Crippen LogP contribution is 2.26. The van der Waals surface area contributed by atoms with Crippen LogP contribution in [0.1, 0.15) is 0 Å². The van der Waals surface area contributed by atoms with Gasteiger partial charge in [-0.1, -0.05) is 11.2 Å². The van der Waals surface area contributed by atoms with Gasteiger partial charge in [0.15, 0.2) is 0 Å². The molecule has 0 aliphatic heterocycles. The van der Waals surface area contributed by atoms with Gasteiger partial charge in [0.2, 0.25) is 0 Å². The van der Waals surface area contributed by atoms with Crippen LogP contribution in [0, 0.1) is 3.57 Å². The summed E-state index contributed by atoms with van der Waals surface area (Å²) < 4.78 is 22.4. The fourth-order valence-electron chi connectivity index (χ4n) is 0.769. The van der Waals surface area contributed by atoms with Crippen LogP contribution in [0.5, 0.6) is 0 Å². The Morgan fingerprint density at radius 2 is 2.14 bits per heavy atom. The van der Waals surface area contributed by atoms with Crippen LogP contribution in [0.25, 0.3) is 10.4 Å². The Kier molecular flexibility index (Phi) is 3.59.